The van der Waals surface area contributed by atoms with Crippen LogP contribution >= 0.6 is 0 Å². The Kier molecular flexibility index (Phi) is 4.56. The van der Waals surface area contributed by atoms with E-state index in [1.54, 1.807) is 0 Å². The zero-order valence-corrected chi connectivity index (χ0v) is 9.75. The number of hydrogen-bond acceptors (Lipinski definition) is 4. The quantitative estimate of drug-likeness (QED) is 0.786. The maximum Gasteiger partial charge on any atom is 0.326 e. The van der Waals surface area contributed by atoms with Gasteiger partial charge in [-0.1, -0.05) is 13.8 Å². The van der Waals surface area contributed by atoms with Gasteiger partial charge in [0.25, 0.3) is 5.91 Å². The second-order valence-electron chi connectivity index (χ2n) is 4.09. The Labute approximate surface area is 99.1 Å². The molecule has 6 heteroatoms. The zero-order chi connectivity index (χ0) is 12.8. The Bertz CT molecular complexity index is 392. The molecule has 0 fully saturated rings. The van der Waals surface area contributed by atoms with Gasteiger partial charge in [-0.3, -0.25) is 4.79 Å². The van der Waals surface area contributed by atoms with Crippen LogP contribution in [0.25, 0.3) is 0 Å². The molecule has 0 saturated carbocycles. The molecule has 0 aromatic carbocycles. The third-order valence-electron chi connectivity index (χ3n) is 2.13. The van der Waals surface area contributed by atoms with Crippen molar-refractivity contribution < 1.29 is 14.7 Å². The average Bonchev–Trinajstić information content (AvgIpc) is 2.28. The summed E-state index contributed by atoms with van der Waals surface area (Å²) in [6.45, 7) is 3.79. The molecule has 0 aliphatic carbocycles. The van der Waals surface area contributed by atoms with Gasteiger partial charge in [0.1, 0.15) is 18.1 Å². The number of rotatable bonds is 5. The van der Waals surface area contributed by atoms with Crippen LogP contribution in [0, 0.1) is 5.92 Å². The van der Waals surface area contributed by atoms with Gasteiger partial charge in [0.05, 0.1) is 0 Å². The number of amides is 1. The van der Waals surface area contributed by atoms with Crippen molar-refractivity contribution >= 4 is 11.9 Å². The molecule has 0 radical (unpaired) electrons. The number of nitrogens with one attached hydrogen (secondary N) is 1. The minimum Gasteiger partial charge on any atom is -0.480 e. The van der Waals surface area contributed by atoms with E-state index in [1.165, 1.54) is 18.6 Å². The van der Waals surface area contributed by atoms with Crippen molar-refractivity contribution in [1.82, 2.24) is 15.3 Å². The lowest BCUT2D eigenvalue weighted by Crippen LogP contribution is -2.41. The van der Waals surface area contributed by atoms with E-state index in [4.69, 9.17) is 5.11 Å². The molecule has 0 saturated heterocycles. The Morgan fingerprint density at radius 3 is 2.65 bits per heavy atom. The summed E-state index contributed by atoms with van der Waals surface area (Å²) in [7, 11) is 0. The SMILES string of the molecule is CC(C)C[C@@H](NC(=O)c1ccncn1)C(=O)O. The van der Waals surface area contributed by atoms with Crippen LogP contribution in [0.1, 0.15) is 30.8 Å². The van der Waals surface area contributed by atoms with Gasteiger partial charge in [-0.05, 0) is 18.4 Å². The first-order valence-corrected chi connectivity index (χ1v) is 5.30. The molecule has 6 nitrogen and oxygen atoms in total. The standard InChI is InChI=1S/C11H15N3O3/c1-7(2)5-9(11(16)17)14-10(15)8-3-4-12-6-13-8/h3-4,6-7,9H,5H2,1-2H3,(H,14,15)(H,16,17)/t9-/m1/s1. The van der Waals surface area contributed by atoms with E-state index in [2.05, 4.69) is 15.3 Å². The van der Waals surface area contributed by atoms with Crippen molar-refractivity contribution in [3.63, 3.8) is 0 Å². The smallest absolute Gasteiger partial charge is 0.326 e. The Morgan fingerprint density at radius 1 is 1.47 bits per heavy atom. The van der Waals surface area contributed by atoms with E-state index in [0.717, 1.165) is 0 Å². The number of carbonyl (C=O) groups excluding carboxylic acids is 1. The van der Waals surface area contributed by atoms with Gasteiger partial charge in [0.2, 0.25) is 0 Å². The molecular formula is C11H15N3O3. The maximum atomic E-state index is 11.7. The van der Waals surface area contributed by atoms with Crippen LogP contribution < -0.4 is 5.32 Å². The lowest BCUT2D eigenvalue weighted by molar-refractivity contribution is -0.139. The van der Waals surface area contributed by atoms with Crippen LogP contribution in [-0.4, -0.2) is 33.0 Å². The molecule has 0 spiro atoms. The van der Waals surface area contributed by atoms with E-state index in [0.29, 0.717) is 6.42 Å². The maximum absolute atomic E-state index is 11.7. The number of carboxylic acids is 1. The van der Waals surface area contributed by atoms with Crippen LogP contribution in [0.5, 0.6) is 0 Å². The van der Waals surface area contributed by atoms with Gasteiger partial charge >= 0.3 is 5.97 Å². The number of aliphatic carboxylic acids is 1. The van der Waals surface area contributed by atoms with Crippen molar-refractivity contribution in [3.8, 4) is 0 Å². The first-order valence-electron chi connectivity index (χ1n) is 5.30. The molecule has 1 aromatic heterocycles. The Morgan fingerprint density at radius 2 is 2.18 bits per heavy atom. The first kappa shape index (κ1) is 13.1. The van der Waals surface area contributed by atoms with Crippen LogP contribution in [0.15, 0.2) is 18.6 Å². The molecule has 17 heavy (non-hydrogen) atoms. The zero-order valence-electron chi connectivity index (χ0n) is 9.75. The molecule has 0 unspecified atom stereocenters. The highest BCUT2D eigenvalue weighted by Crippen LogP contribution is 2.05. The van der Waals surface area contributed by atoms with E-state index in [1.807, 2.05) is 13.8 Å². The van der Waals surface area contributed by atoms with E-state index in [9.17, 15) is 9.59 Å². The Hall–Kier alpha value is -1.98. The molecule has 1 atom stereocenters. The fourth-order valence-electron chi connectivity index (χ4n) is 1.35. The third kappa shape index (κ3) is 4.18. The second kappa shape index (κ2) is 5.93. The number of hydrogen-bond donors (Lipinski definition) is 2. The number of carboxylic acid groups (broad SMARTS) is 1. The number of aromatic nitrogens is 2. The van der Waals surface area contributed by atoms with Gasteiger partial charge < -0.3 is 10.4 Å². The van der Waals surface area contributed by atoms with Crippen molar-refractivity contribution in [2.24, 2.45) is 5.92 Å². The van der Waals surface area contributed by atoms with Crippen LogP contribution in [0.2, 0.25) is 0 Å². The average molecular weight is 237 g/mol. The molecule has 1 aromatic rings. The minimum atomic E-state index is -1.04. The molecular weight excluding hydrogens is 222 g/mol. The van der Waals surface area contributed by atoms with Crippen LogP contribution in [0.3, 0.4) is 0 Å². The van der Waals surface area contributed by atoms with E-state index >= 15 is 0 Å². The molecule has 2 N–H and O–H groups in total. The minimum absolute atomic E-state index is 0.162. The molecule has 0 aliphatic heterocycles. The summed E-state index contributed by atoms with van der Waals surface area (Å²) in [5.74, 6) is -1.36. The summed E-state index contributed by atoms with van der Waals surface area (Å²) in [5.41, 5.74) is 0.162. The van der Waals surface area contributed by atoms with Crippen LogP contribution in [-0.2, 0) is 4.79 Å². The summed E-state index contributed by atoms with van der Waals surface area (Å²) < 4.78 is 0. The lowest BCUT2D eigenvalue weighted by atomic mass is 10.0. The molecule has 92 valence electrons. The van der Waals surface area contributed by atoms with Crippen molar-refractivity contribution in [2.75, 3.05) is 0 Å². The molecule has 1 heterocycles. The molecule has 1 amide bonds. The van der Waals surface area contributed by atoms with Crippen molar-refractivity contribution in [3.05, 3.63) is 24.3 Å². The van der Waals surface area contributed by atoms with Crippen molar-refractivity contribution in [2.45, 2.75) is 26.3 Å². The highest BCUT2D eigenvalue weighted by atomic mass is 16.4. The van der Waals surface area contributed by atoms with E-state index in [-0.39, 0.29) is 11.6 Å². The Balaban J connectivity index is 2.68. The van der Waals surface area contributed by atoms with Gasteiger partial charge in [-0.15, -0.1) is 0 Å². The summed E-state index contributed by atoms with van der Waals surface area (Å²) in [6.07, 6.45) is 3.05. The lowest BCUT2D eigenvalue weighted by Gasteiger charge is -2.15. The normalized spacial score (nSPS) is 12.2. The first-order chi connectivity index (χ1) is 8.00. The predicted octanol–water partition coefficient (Wildman–Crippen LogP) is 0.706. The molecule has 0 bridgehead atoms. The predicted molar refractivity (Wildman–Crippen MR) is 60.4 cm³/mol. The van der Waals surface area contributed by atoms with Crippen molar-refractivity contribution in [1.29, 1.82) is 0 Å². The second-order valence-corrected chi connectivity index (χ2v) is 4.09. The largest absolute Gasteiger partial charge is 0.480 e. The summed E-state index contributed by atoms with van der Waals surface area (Å²) >= 11 is 0. The number of nitrogens with zero attached hydrogens (tertiary/aromatic N) is 2. The van der Waals surface area contributed by atoms with Crippen LogP contribution in [0.4, 0.5) is 0 Å². The number of carbonyl (C=O) groups is 2. The third-order valence-corrected chi connectivity index (χ3v) is 2.13. The van der Waals surface area contributed by atoms with Gasteiger partial charge in [0, 0.05) is 6.20 Å². The van der Waals surface area contributed by atoms with E-state index < -0.39 is 17.9 Å². The monoisotopic (exact) mass is 237 g/mol. The van der Waals surface area contributed by atoms with Gasteiger partial charge in [0.15, 0.2) is 0 Å². The highest BCUT2D eigenvalue weighted by Gasteiger charge is 2.21. The van der Waals surface area contributed by atoms with Gasteiger partial charge in [-0.25, -0.2) is 14.8 Å². The fourth-order valence-corrected chi connectivity index (χ4v) is 1.35. The summed E-state index contributed by atoms with van der Waals surface area (Å²) in [5, 5.41) is 11.4. The fraction of sp³-hybridized carbons (Fsp3) is 0.455. The molecule has 0 aliphatic rings. The summed E-state index contributed by atoms with van der Waals surface area (Å²) in [4.78, 5) is 30.1. The van der Waals surface area contributed by atoms with Gasteiger partial charge in [-0.2, -0.15) is 0 Å². The highest BCUT2D eigenvalue weighted by molar-refractivity contribution is 5.94. The topological polar surface area (TPSA) is 92.2 Å². The molecule has 1 rings (SSSR count). The summed E-state index contributed by atoms with van der Waals surface area (Å²) in [6, 6.07) is 0.543.